The molecule has 5 atom stereocenters. The number of nitrogens with two attached hydrogens (primary N) is 1. The molecule has 3 aliphatic heterocycles. The maximum atomic E-state index is 13.0. The number of cyclic esters (lactones) is 1. The van der Waals surface area contributed by atoms with Gasteiger partial charge in [0.05, 0.1) is 35.6 Å². The zero-order valence-electron chi connectivity index (χ0n) is 23.0. The van der Waals surface area contributed by atoms with E-state index < -0.39 is 48.4 Å². The van der Waals surface area contributed by atoms with Gasteiger partial charge >= 0.3 is 11.7 Å². The predicted octanol–water partition coefficient (Wildman–Crippen LogP) is 0.153. The third-order valence-corrected chi connectivity index (χ3v) is 8.06. The Kier molecular flexibility index (Phi) is 8.13. The third-order valence-electron chi connectivity index (χ3n) is 8.06. The molecule has 14 nitrogen and oxygen atoms in total. The average molecular weight is 608 g/mol. The Morgan fingerprint density at radius 1 is 1.09 bits per heavy atom. The second-order valence-electron chi connectivity index (χ2n) is 10.6. The Bertz CT molecular complexity index is 1870. The van der Waals surface area contributed by atoms with Crippen LogP contribution in [0.4, 0.5) is 5.82 Å². The molecule has 4 aromatic rings. The number of nitrogen functional groups attached to an aromatic ring is 1. The number of carbonyl (C=O) groups excluding carboxylic acids is 1. The molecule has 232 valence electrons. The van der Waals surface area contributed by atoms with E-state index in [1.165, 1.54) is 12.3 Å². The van der Waals surface area contributed by atoms with E-state index >= 15 is 0 Å². The number of rotatable bonds is 3. The zero-order chi connectivity index (χ0) is 30.6. The van der Waals surface area contributed by atoms with E-state index in [0.717, 1.165) is 26.7 Å². The van der Waals surface area contributed by atoms with Gasteiger partial charge in [0.25, 0.3) is 5.56 Å². The van der Waals surface area contributed by atoms with Crippen LogP contribution in [-0.2, 0) is 33.0 Å². The Balaban J connectivity index is 0.000000187. The van der Waals surface area contributed by atoms with E-state index in [1.54, 1.807) is 17.6 Å². The van der Waals surface area contributed by atoms with Crippen LogP contribution in [0.5, 0.6) is 0 Å². The number of aliphatic hydroxyl groups excluding tert-OH is 3. The largest absolute Gasteiger partial charge is 0.458 e. The Morgan fingerprint density at radius 2 is 1.84 bits per heavy atom. The molecule has 0 radical (unpaired) electrons. The van der Waals surface area contributed by atoms with Gasteiger partial charge in [0.15, 0.2) is 11.8 Å². The minimum Gasteiger partial charge on any atom is -0.458 e. The number of esters is 1. The molecule has 4 unspecified atom stereocenters. The van der Waals surface area contributed by atoms with Crippen molar-refractivity contribution in [1.82, 2.24) is 19.1 Å². The van der Waals surface area contributed by atoms with Gasteiger partial charge in [-0.25, -0.2) is 14.6 Å². The molecule has 6 N–H and O–H groups in total. The molecule has 0 aliphatic carbocycles. The summed E-state index contributed by atoms with van der Waals surface area (Å²) in [5, 5.41) is 40.0. The van der Waals surface area contributed by atoms with Crippen LogP contribution in [-0.4, -0.2) is 70.4 Å². The number of anilines is 1. The highest BCUT2D eigenvalue weighted by Gasteiger charge is 2.46. The van der Waals surface area contributed by atoms with Crippen molar-refractivity contribution in [3.63, 3.8) is 0 Å². The number of nitrogens with zero attached hydrogens (tertiary/aromatic N) is 4. The second-order valence-corrected chi connectivity index (χ2v) is 10.6. The van der Waals surface area contributed by atoms with Crippen molar-refractivity contribution in [3.8, 4) is 11.4 Å². The number of para-hydroxylation sites is 1. The van der Waals surface area contributed by atoms with Crippen molar-refractivity contribution >= 4 is 22.7 Å². The molecule has 1 fully saturated rings. The molecule has 7 rings (SSSR count). The van der Waals surface area contributed by atoms with Crippen LogP contribution < -0.4 is 17.0 Å². The Morgan fingerprint density at radius 3 is 2.52 bits per heavy atom. The quantitative estimate of drug-likeness (QED) is 0.174. The van der Waals surface area contributed by atoms with Crippen LogP contribution in [0.2, 0.25) is 0 Å². The zero-order valence-corrected chi connectivity index (χ0v) is 23.0. The summed E-state index contributed by atoms with van der Waals surface area (Å²) in [7, 11) is 0. The second kappa shape index (κ2) is 11.6. The highest BCUT2D eigenvalue weighted by molar-refractivity contribution is 5.86. The molecular formula is C30H33N5O9. The molecule has 14 heteroatoms. The molecule has 1 saturated heterocycles. The van der Waals surface area contributed by atoms with Gasteiger partial charge in [-0.2, -0.15) is 4.98 Å². The van der Waals surface area contributed by atoms with Gasteiger partial charge in [0.1, 0.15) is 30.7 Å². The van der Waals surface area contributed by atoms with Gasteiger partial charge in [0.2, 0.25) is 0 Å². The number of fused-ring (bicyclic) bond motifs is 5. The van der Waals surface area contributed by atoms with E-state index in [2.05, 4.69) is 4.98 Å². The fourth-order valence-corrected chi connectivity index (χ4v) is 5.65. The van der Waals surface area contributed by atoms with Gasteiger partial charge in [-0.05, 0) is 30.7 Å². The smallest absolute Gasteiger partial charge is 0.351 e. The summed E-state index contributed by atoms with van der Waals surface area (Å²) in [4.78, 5) is 44.9. The average Bonchev–Trinajstić information content (AvgIpc) is 3.50. The number of benzene rings is 1. The van der Waals surface area contributed by atoms with Crippen LogP contribution in [0, 0.1) is 0 Å². The maximum Gasteiger partial charge on any atom is 0.351 e. The Labute approximate surface area is 250 Å². The number of pyridine rings is 2. The molecular weight excluding hydrogens is 574 g/mol. The highest BCUT2D eigenvalue weighted by Crippen LogP contribution is 2.38. The normalized spacial score (nSPS) is 24.8. The van der Waals surface area contributed by atoms with E-state index in [4.69, 9.17) is 25.3 Å². The highest BCUT2D eigenvalue weighted by atomic mass is 16.6. The maximum absolute atomic E-state index is 13.0. The molecule has 3 aromatic heterocycles. The summed E-state index contributed by atoms with van der Waals surface area (Å²) in [5.74, 6) is -0.653. The SMILES string of the molecule is C.CC[C@@]1(O)C(=O)OCc2c1cc1n(c2=O)Cc2cc3ccccc3nc2-1.Nc1ccn(C2OC(CO)C(O)C2O)c(=O)n1. The first kappa shape index (κ1) is 31.0. The van der Waals surface area contributed by atoms with Crippen LogP contribution >= 0.6 is 0 Å². The molecule has 0 bridgehead atoms. The fraction of sp³-hybridized carbons (Fsp3) is 0.367. The summed E-state index contributed by atoms with van der Waals surface area (Å²) in [6.07, 6.45) is -3.13. The Hall–Kier alpha value is -4.47. The summed E-state index contributed by atoms with van der Waals surface area (Å²) >= 11 is 0. The fourth-order valence-electron chi connectivity index (χ4n) is 5.65. The topological polar surface area (TPSA) is 212 Å². The summed E-state index contributed by atoms with van der Waals surface area (Å²) < 4.78 is 12.9. The van der Waals surface area contributed by atoms with E-state index in [-0.39, 0.29) is 31.8 Å². The van der Waals surface area contributed by atoms with Crippen molar-refractivity contribution in [2.24, 2.45) is 0 Å². The minimum atomic E-state index is -1.79. The molecule has 44 heavy (non-hydrogen) atoms. The number of ether oxygens (including phenoxy) is 2. The molecule has 3 aliphatic rings. The minimum absolute atomic E-state index is 0. The standard InChI is InChI=1S/C20H16N2O4.C9H13N3O5.CH4/c1-2-20(25)14-8-16-17-12(7-11-5-3-4-6-15(11)21-17)9-22(16)18(23)13(14)10-26-19(20)24;10-5-1-2-12(9(16)11-5)8-7(15)6(14)4(3-13)17-8;/h3-8,25H,2,9-10H2,1H3;1-2,4,6-8,13-15H,3H2,(H2,10,11,16);1H4/t20-;;/m0../s1. The van der Waals surface area contributed by atoms with Crippen molar-refractivity contribution < 1.29 is 34.7 Å². The van der Waals surface area contributed by atoms with Gasteiger partial charge in [-0.15, -0.1) is 0 Å². The van der Waals surface area contributed by atoms with E-state index in [1.807, 2.05) is 30.3 Å². The lowest BCUT2D eigenvalue weighted by atomic mass is 9.86. The monoisotopic (exact) mass is 607 g/mol. The third kappa shape index (κ3) is 4.86. The first-order valence-corrected chi connectivity index (χ1v) is 13.6. The van der Waals surface area contributed by atoms with Gasteiger partial charge in [-0.3, -0.25) is 9.36 Å². The molecule has 6 heterocycles. The number of hydrogen-bond donors (Lipinski definition) is 5. The number of hydrogen-bond acceptors (Lipinski definition) is 12. The van der Waals surface area contributed by atoms with Crippen LogP contribution in [0.15, 0.2) is 58.3 Å². The van der Waals surface area contributed by atoms with Crippen LogP contribution in [0.3, 0.4) is 0 Å². The number of aliphatic hydroxyl groups is 4. The van der Waals surface area contributed by atoms with Crippen molar-refractivity contribution in [2.75, 3.05) is 12.3 Å². The van der Waals surface area contributed by atoms with Gasteiger partial charge in [0, 0.05) is 22.7 Å². The van der Waals surface area contributed by atoms with E-state index in [9.17, 15) is 29.7 Å². The van der Waals surface area contributed by atoms with Crippen molar-refractivity contribution in [1.29, 1.82) is 0 Å². The first-order chi connectivity index (χ1) is 20.6. The number of aromatic nitrogens is 4. The molecule has 1 aromatic carbocycles. The summed E-state index contributed by atoms with van der Waals surface area (Å²) in [6, 6.07) is 12.9. The van der Waals surface area contributed by atoms with Gasteiger partial charge < -0.3 is 40.2 Å². The molecule has 0 saturated carbocycles. The van der Waals surface area contributed by atoms with E-state index in [0.29, 0.717) is 23.4 Å². The molecule has 0 amide bonds. The lowest BCUT2D eigenvalue weighted by Gasteiger charge is -2.31. The summed E-state index contributed by atoms with van der Waals surface area (Å²) in [5.41, 5.74) is 6.44. The van der Waals surface area contributed by atoms with Gasteiger partial charge in [-0.1, -0.05) is 32.5 Å². The lowest BCUT2D eigenvalue weighted by Crippen LogP contribution is -2.44. The summed E-state index contributed by atoms with van der Waals surface area (Å²) in [6.45, 7) is 1.56. The van der Waals surface area contributed by atoms with Crippen LogP contribution in [0.1, 0.15) is 43.7 Å². The van der Waals surface area contributed by atoms with Crippen molar-refractivity contribution in [3.05, 3.63) is 86.2 Å². The first-order valence-electron chi connectivity index (χ1n) is 13.6. The van der Waals surface area contributed by atoms with Crippen molar-refractivity contribution in [2.45, 2.75) is 64.1 Å². The predicted molar refractivity (Wildman–Crippen MR) is 157 cm³/mol. The lowest BCUT2D eigenvalue weighted by molar-refractivity contribution is -0.172. The van der Waals surface area contributed by atoms with Crippen LogP contribution in [0.25, 0.3) is 22.3 Å². The molecule has 0 spiro atoms. The number of carbonyl (C=O) groups is 1.